The third kappa shape index (κ3) is 3.57. The molecule has 1 aromatic carbocycles. The first-order valence-electron chi connectivity index (χ1n) is 7.67. The second kappa shape index (κ2) is 5.76. The average Bonchev–Trinajstić information content (AvgIpc) is 3.05. The van der Waals surface area contributed by atoms with Crippen LogP contribution < -0.4 is 5.32 Å². The Bertz CT molecular complexity index is 670. The van der Waals surface area contributed by atoms with E-state index in [0.717, 1.165) is 5.69 Å². The van der Waals surface area contributed by atoms with E-state index in [1.54, 1.807) is 35.1 Å². The van der Waals surface area contributed by atoms with E-state index in [1.165, 1.54) is 0 Å². The van der Waals surface area contributed by atoms with Gasteiger partial charge in [0.1, 0.15) is 0 Å². The van der Waals surface area contributed by atoms with Crippen molar-refractivity contribution in [3.05, 3.63) is 48.3 Å². The fraction of sp³-hybridized carbons (Fsp3) is 0.412. The van der Waals surface area contributed by atoms with E-state index in [0.29, 0.717) is 5.56 Å². The molecule has 2 aromatic rings. The lowest BCUT2D eigenvalue weighted by Crippen LogP contribution is -2.50. The number of carbonyl (C=O) groups excluding carboxylic acids is 1. The number of carbonyl (C=O) groups is 1. The first-order chi connectivity index (χ1) is 10.9. The Labute approximate surface area is 133 Å². The van der Waals surface area contributed by atoms with Gasteiger partial charge in [-0.25, -0.2) is 13.5 Å². The minimum absolute atomic E-state index is 0.179. The smallest absolute Gasteiger partial charge is 0.251 e. The molecule has 0 radical (unpaired) electrons. The van der Waals surface area contributed by atoms with Crippen molar-refractivity contribution in [1.29, 1.82) is 0 Å². The normalized spacial score (nSPS) is 19.3. The highest BCUT2D eigenvalue weighted by Gasteiger charge is 2.41. The summed E-state index contributed by atoms with van der Waals surface area (Å²) in [5.74, 6) is -2.83. The minimum atomic E-state index is -2.60. The lowest BCUT2D eigenvalue weighted by molar-refractivity contribution is -0.0522. The number of rotatable bonds is 3. The van der Waals surface area contributed by atoms with Gasteiger partial charge in [-0.15, -0.1) is 0 Å². The van der Waals surface area contributed by atoms with Gasteiger partial charge in [0, 0.05) is 36.3 Å². The summed E-state index contributed by atoms with van der Waals surface area (Å²) in [6.07, 6.45) is 3.72. The third-order valence-corrected chi connectivity index (χ3v) is 4.40. The molecule has 1 heterocycles. The van der Waals surface area contributed by atoms with Crippen LogP contribution in [0.25, 0.3) is 5.69 Å². The molecule has 6 heteroatoms. The van der Waals surface area contributed by atoms with Gasteiger partial charge < -0.3 is 5.32 Å². The molecule has 1 amide bonds. The molecule has 0 bridgehead atoms. The van der Waals surface area contributed by atoms with Crippen LogP contribution in [0.5, 0.6) is 0 Å². The standard InChI is InChI=1S/C17H19F2N3O/c1-16(7-9-17(18,19)10-8-16)21-15(23)13-3-5-14(6-4-13)22-12-2-11-20-22/h2-6,11-12H,7-10H2,1H3,(H,21,23). The molecule has 1 aliphatic rings. The molecule has 1 aromatic heterocycles. The molecule has 1 saturated carbocycles. The molecular formula is C17H19F2N3O. The molecule has 0 atom stereocenters. The highest BCUT2D eigenvalue weighted by molar-refractivity contribution is 5.94. The maximum Gasteiger partial charge on any atom is 0.251 e. The summed E-state index contributed by atoms with van der Waals surface area (Å²) >= 11 is 0. The summed E-state index contributed by atoms with van der Waals surface area (Å²) in [5, 5.41) is 7.03. The van der Waals surface area contributed by atoms with E-state index >= 15 is 0 Å². The van der Waals surface area contributed by atoms with Crippen molar-refractivity contribution < 1.29 is 13.6 Å². The Kier molecular flexibility index (Phi) is 3.92. The van der Waals surface area contributed by atoms with E-state index in [4.69, 9.17) is 0 Å². The van der Waals surface area contributed by atoms with Crippen molar-refractivity contribution in [3.8, 4) is 5.69 Å². The number of aromatic nitrogens is 2. The van der Waals surface area contributed by atoms with Crippen LogP contribution in [0.1, 0.15) is 43.0 Å². The summed E-state index contributed by atoms with van der Waals surface area (Å²) in [6.45, 7) is 1.83. The number of amides is 1. The quantitative estimate of drug-likeness (QED) is 0.940. The van der Waals surface area contributed by atoms with Crippen molar-refractivity contribution >= 4 is 5.91 Å². The topological polar surface area (TPSA) is 46.9 Å². The van der Waals surface area contributed by atoms with Gasteiger partial charge in [-0.1, -0.05) is 0 Å². The van der Waals surface area contributed by atoms with Crippen molar-refractivity contribution in [2.24, 2.45) is 0 Å². The highest BCUT2D eigenvalue weighted by atomic mass is 19.3. The molecule has 3 rings (SSSR count). The monoisotopic (exact) mass is 319 g/mol. The van der Waals surface area contributed by atoms with Crippen molar-refractivity contribution in [2.45, 2.75) is 44.1 Å². The average molecular weight is 319 g/mol. The summed E-state index contributed by atoms with van der Waals surface area (Å²) in [7, 11) is 0. The van der Waals surface area contributed by atoms with Gasteiger partial charge in [-0.05, 0) is 50.1 Å². The number of halogens is 2. The van der Waals surface area contributed by atoms with Gasteiger partial charge in [0.2, 0.25) is 5.92 Å². The van der Waals surface area contributed by atoms with Crippen molar-refractivity contribution in [2.75, 3.05) is 0 Å². The minimum Gasteiger partial charge on any atom is -0.347 e. The van der Waals surface area contributed by atoms with Crippen LogP contribution in [-0.2, 0) is 0 Å². The van der Waals surface area contributed by atoms with Crippen LogP contribution in [0.3, 0.4) is 0 Å². The Morgan fingerprint density at radius 1 is 1.17 bits per heavy atom. The summed E-state index contributed by atoms with van der Waals surface area (Å²) in [5.41, 5.74) is 0.800. The number of hydrogen-bond donors (Lipinski definition) is 1. The van der Waals surface area contributed by atoms with E-state index in [-0.39, 0.29) is 31.6 Å². The Hall–Kier alpha value is -2.24. The third-order valence-electron chi connectivity index (χ3n) is 4.40. The highest BCUT2D eigenvalue weighted by Crippen LogP contribution is 2.38. The number of nitrogens with zero attached hydrogens (tertiary/aromatic N) is 2. The molecule has 1 aliphatic carbocycles. The van der Waals surface area contributed by atoms with Crippen LogP contribution in [0.4, 0.5) is 8.78 Å². The Balaban J connectivity index is 1.67. The van der Waals surface area contributed by atoms with Crippen LogP contribution in [0.2, 0.25) is 0 Å². The van der Waals surface area contributed by atoms with Gasteiger partial charge in [0.15, 0.2) is 0 Å². The zero-order chi connectivity index (χ0) is 16.5. The Morgan fingerprint density at radius 3 is 2.39 bits per heavy atom. The first-order valence-corrected chi connectivity index (χ1v) is 7.67. The summed E-state index contributed by atoms with van der Waals surface area (Å²) < 4.78 is 28.2. The number of benzene rings is 1. The van der Waals surface area contributed by atoms with E-state index < -0.39 is 11.5 Å². The predicted molar refractivity (Wildman–Crippen MR) is 82.9 cm³/mol. The van der Waals surface area contributed by atoms with Gasteiger partial charge in [-0.2, -0.15) is 5.10 Å². The molecule has 1 fully saturated rings. The largest absolute Gasteiger partial charge is 0.347 e. The molecule has 122 valence electrons. The van der Waals surface area contributed by atoms with Gasteiger partial charge in [0.05, 0.1) is 5.69 Å². The zero-order valence-corrected chi connectivity index (χ0v) is 12.9. The SMILES string of the molecule is CC1(NC(=O)c2ccc(-n3cccn3)cc2)CCC(F)(F)CC1. The summed E-state index contributed by atoms with van der Waals surface area (Å²) in [6, 6.07) is 8.86. The fourth-order valence-electron chi connectivity index (χ4n) is 2.83. The molecule has 23 heavy (non-hydrogen) atoms. The number of hydrogen-bond acceptors (Lipinski definition) is 2. The van der Waals surface area contributed by atoms with E-state index in [9.17, 15) is 13.6 Å². The van der Waals surface area contributed by atoms with Crippen molar-refractivity contribution in [1.82, 2.24) is 15.1 Å². The molecule has 0 spiro atoms. The second-order valence-corrected chi connectivity index (χ2v) is 6.37. The van der Waals surface area contributed by atoms with Gasteiger partial charge in [0.25, 0.3) is 5.91 Å². The van der Waals surface area contributed by atoms with E-state index in [1.807, 2.05) is 19.2 Å². The Morgan fingerprint density at radius 2 is 1.83 bits per heavy atom. The lowest BCUT2D eigenvalue weighted by Gasteiger charge is -2.37. The molecule has 1 N–H and O–H groups in total. The van der Waals surface area contributed by atoms with E-state index in [2.05, 4.69) is 10.4 Å². The predicted octanol–water partition coefficient (Wildman–Crippen LogP) is 3.57. The molecule has 0 saturated heterocycles. The van der Waals surface area contributed by atoms with Crippen molar-refractivity contribution in [3.63, 3.8) is 0 Å². The molecular weight excluding hydrogens is 300 g/mol. The lowest BCUT2D eigenvalue weighted by atomic mass is 9.81. The maximum absolute atomic E-state index is 13.3. The molecule has 0 unspecified atom stereocenters. The van der Waals surface area contributed by atoms with Crippen LogP contribution in [0, 0.1) is 0 Å². The van der Waals surface area contributed by atoms with Gasteiger partial charge in [-0.3, -0.25) is 4.79 Å². The van der Waals surface area contributed by atoms with Gasteiger partial charge >= 0.3 is 0 Å². The van der Waals surface area contributed by atoms with Crippen LogP contribution in [0.15, 0.2) is 42.7 Å². The summed E-state index contributed by atoms with van der Waals surface area (Å²) in [4.78, 5) is 12.4. The van der Waals surface area contributed by atoms with Crippen LogP contribution in [-0.4, -0.2) is 27.1 Å². The first kappa shape index (κ1) is 15.6. The second-order valence-electron chi connectivity index (χ2n) is 6.37. The molecule has 0 aliphatic heterocycles. The fourth-order valence-corrected chi connectivity index (χ4v) is 2.83. The number of nitrogens with one attached hydrogen (secondary N) is 1. The molecule has 4 nitrogen and oxygen atoms in total. The zero-order valence-electron chi connectivity index (χ0n) is 12.9. The number of alkyl halides is 2. The van der Waals surface area contributed by atoms with Crippen LogP contribution >= 0.6 is 0 Å². The maximum atomic E-state index is 13.3.